The van der Waals surface area contributed by atoms with E-state index in [9.17, 15) is 4.79 Å². The van der Waals surface area contributed by atoms with Gasteiger partial charge in [-0.2, -0.15) is 0 Å². The lowest BCUT2D eigenvalue weighted by Gasteiger charge is -2.36. The SMILES string of the molecule is Cc1nc(NC2CCOC(C)(C)C2)cc(=O)[nH]1. The van der Waals surface area contributed by atoms with Crippen molar-refractivity contribution in [3.05, 3.63) is 22.2 Å². The maximum absolute atomic E-state index is 11.3. The van der Waals surface area contributed by atoms with Gasteiger partial charge in [0.25, 0.3) is 5.56 Å². The molecule has 1 atom stereocenters. The Kier molecular flexibility index (Phi) is 3.19. The molecule has 2 rings (SSSR count). The van der Waals surface area contributed by atoms with Crippen LogP contribution in [0.1, 0.15) is 32.5 Å². The van der Waals surface area contributed by atoms with Crippen molar-refractivity contribution >= 4 is 5.82 Å². The molecule has 2 heterocycles. The van der Waals surface area contributed by atoms with E-state index >= 15 is 0 Å². The summed E-state index contributed by atoms with van der Waals surface area (Å²) in [4.78, 5) is 18.2. The van der Waals surface area contributed by atoms with Crippen LogP contribution >= 0.6 is 0 Å². The summed E-state index contributed by atoms with van der Waals surface area (Å²) >= 11 is 0. The van der Waals surface area contributed by atoms with Crippen molar-refractivity contribution in [2.75, 3.05) is 11.9 Å². The van der Waals surface area contributed by atoms with Crippen molar-refractivity contribution in [3.8, 4) is 0 Å². The summed E-state index contributed by atoms with van der Waals surface area (Å²) in [6.07, 6.45) is 1.86. The second kappa shape index (κ2) is 4.49. The molecule has 0 amide bonds. The van der Waals surface area contributed by atoms with Crippen LogP contribution in [0.25, 0.3) is 0 Å². The summed E-state index contributed by atoms with van der Waals surface area (Å²) in [5, 5.41) is 3.31. The van der Waals surface area contributed by atoms with Gasteiger partial charge in [0.15, 0.2) is 0 Å². The van der Waals surface area contributed by atoms with Gasteiger partial charge in [0.2, 0.25) is 0 Å². The van der Waals surface area contributed by atoms with E-state index in [0.29, 0.717) is 17.7 Å². The molecule has 0 radical (unpaired) electrons. The summed E-state index contributed by atoms with van der Waals surface area (Å²) in [6.45, 7) is 6.68. The largest absolute Gasteiger partial charge is 0.375 e. The Morgan fingerprint density at radius 1 is 1.59 bits per heavy atom. The van der Waals surface area contributed by atoms with Crippen LogP contribution in [-0.4, -0.2) is 28.2 Å². The number of nitrogens with zero attached hydrogens (tertiary/aromatic N) is 1. The highest BCUT2D eigenvalue weighted by atomic mass is 16.5. The van der Waals surface area contributed by atoms with Crippen molar-refractivity contribution < 1.29 is 4.74 Å². The number of aryl methyl sites for hydroxylation is 1. The molecule has 1 aromatic rings. The van der Waals surface area contributed by atoms with Crippen LogP contribution in [0.4, 0.5) is 5.82 Å². The van der Waals surface area contributed by atoms with E-state index in [1.165, 1.54) is 6.07 Å². The molecule has 5 nitrogen and oxygen atoms in total. The first-order valence-electron chi connectivity index (χ1n) is 5.93. The second-order valence-electron chi connectivity index (χ2n) is 5.16. The number of anilines is 1. The minimum atomic E-state index is -0.119. The first-order chi connectivity index (χ1) is 7.94. The van der Waals surface area contributed by atoms with Gasteiger partial charge >= 0.3 is 0 Å². The normalized spacial score (nSPS) is 23.4. The number of hydrogen-bond acceptors (Lipinski definition) is 4. The third-order valence-electron chi connectivity index (χ3n) is 2.91. The van der Waals surface area contributed by atoms with Crippen molar-refractivity contribution in [2.45, 2.75) is 45.3 Å². The predicted molar refractivity (Wildman–Crippen MR) is 66.3 cm³/mol. The monoisotopic (exact) mass is 237 g/mol. The molecule has 5 heteroatoms. The van der Waals surface area contributed by atoms with Gasteiger partial charge in [-0.05, 0) is 33.6 Å². The molecule has 94 valence electrons. The van der Waals surface area contributed by atoms with E-state index in [4.69, 9.17) is 4.74 Å². The second-order valence-corrected chi connectivity index (χ2v) is 5.16. The van der Waals surface area contributed by atoms with Crippen LogP contribution in [0, 0.1) is 6.92 Å². The molecular formula is C12H19N3O2. The molecule has 1 unspecified atom stereocenters. The summed E-state index contributed by atoms with van der Waals surface area (Å²) in [7, 11) is 0. The van der Waals surface area contributed by atoms with E-state index in [0.717, 1.165) is 19.4 Å². The van der Waals surface area contributed by atoms with E-state index in [1.807, 2.05) is 0 Å². The molecule has 17 heavy (non-hydrogen) atoms. The number of nitrogens with one attached hydrogen (secondary N) is 2. The van der Waals surface area contributed by atoms with Crippen LogP contribution in [-0.2, 0) is 4.74 Å². The van der Waals surface area contributed by atoms with Gasteiger partial charge in [-0.15, -0.1) is 0 Å². The third kappa shape index (κ3) is 3.30. The number of rotatable bonds is 2. The fraction of sp³-hybridized carbons (Fsp3) is 0.667. The molecule has 1 aromatic heterocycles. The maximum Gasteiger partial charge on any atom is 0.252 e. The highest BCUT2D eigenvalue weighted by Crippen LogP contribution is 2.25. The Morgan fingerprint density at radius 3 is 3.00 bits per heavy atom. The van der Waals surface area contributed by atoms with Crippen molar-refractivity contribution in [2.24, 2.45) is 0 Å². The van der Waals surface area contributed by atoms with Gasteiger partial charge in [-0.1, -0.05) is 0 Å². The molecule has 1 aliphatic heterocycles. The lowest BCUT2D eigenvalue weighted by Crippen LogP contribution is -2.40. The smallest absolute Gasteiger partial charge is 0.252 e. The Balaban J connectivity index is 2.07. The summed E-state index contributed by atoms with van der Waals surface area (Å²) in [5.41, 5.74) is -0.224. The minimum absolute atomic E-state index is 0.105. The van der Waals surface area contributed by atoms with Gasteiger partial charge in [-0.3, -0.25) is 4.79 Å². The van der Waals surface area contributed by atoms with E-state index in [1.54, 1.807) is 6.92 Å². The van der Waals surface area contributed by atoms with Crippen molar-refractivity contribution in [1.29, 1.82) is 0 Å². The molecule has 0 bridgehead atoms. The molecule has 0 aromatic carbocycles. The highest BCUT2D eigenvalue weighted by molar-refractivity contribution is 5.34. The maximum atomic E-state index is 11.3. The Labute approximate surface area is 101 Å². The summed E-state index contributed by atoms with van der Waals surface area (Å²) in [6, 6.07) is 1.81. The molecule has 0 aliphatic carbocycles. The van der Waals surface area contributed by atoms with Gasteiger partial charge in [-0.25, -0.2) is 4.98 Å². The summed E-state index contributed by atoms with van der Waals surface area (Å²) < 4.78 is 5.65. The van der Waals surface area contributed by atoms with Crippen LogP contribution in [0.2, 0.25) is 0 Å². The molecule has 1 aliphatic rings. The Morgan fingerprint density at radius 2 is 2.35 bits per heavy atom. The summed E-state index contributed by atoms with van der Waals surface area (Å²) in [5.74, 6) is 1.28. The van der Waals surface area contributed by atoms with Gasteiger partial charge < -0.3 is 15.0 Å². The molecular weight excluding hydrogens is 218 g/mol. The van der Waals surface area contributed by atoms with Crippen molar-refractivity contribution in [1.82, 2.24) is 9.97 Å². The Hall–Kier alpha value is -1.36. The number of hydrogen-bond donors (Lipinski definition) is 2. The predicted octanol–water partition coefficient (Wildman–Crippen LogP) is 1.45. The minimum Gasteiger partial charge on any atom is -0.375 e. The fourth-order valence-electron chi connectivity index (χ4n) is 2.22. The molecule has 2 N–H and O–H groups in total. The number of H-pyrrole nitrogens is 1. The molecule has 0 saturated carbocycles. The average molecular weight is 237 g/mol. The average Bonchev–Trinajstić information content (AvgIpc) is 2.13. The van der Waals surface area contributed by atoms with Gasteiger partial charge in [0.05, 0.1) is 5.60 Å². The first-order valence-corrected chi connectivity index (χ1v) is 5.93. The zero-order valence-corrected chi connectivity index (χ0v) is 10.5. The third-order valence-corrected chi connectivity index (χ3v) is 2.91. The fourth-order valence-corrected chi connectivity index (χ4v) is 2.22. The zero-order chi connectivity index (χ0) is 12.5. The highest BCUT2D eigenvalue weighted by Gasteiger charge is 2.28. The number of aromatic amines is 1. The van der Waals surface area contributed by atoms with Crippen LogP contribution in [0.3, 0.4) is 0 Å². The quantitative estimate of drug-likeness (QED) is 0.817. The Bertz CT molecular complexity index is 453. The number of aromatic nitrogens is 2. The van der Waals surface area contributed by atoms with Crippen LogP contribution in [0.5, 0.6) is 0 Å². The molecule has 1 saturated heterocycles. The standard InChI is InChI=1S/C12H19N3O2/c1-8-13-10(6-11(16)14-8)15-9-4-5-17-12(2,3)7-9/h6,9H,4-5,7H2,1-3H3,(H2,13,14,15,16). The zero-order valence-electron chi connectivity index (χ0n) is 10.5. The molecule has 0 spiro atoms. The lowest BCUT2D eigenvalue weighted by atomic mass is 9.94. The van der Waals surface area contributed by atoms with Gasteiger partial charge in [0.1, 0.15) is 11.6 Å². The lowest BCUT2D eigenvalue weighted by molar-refractivity contribution is -0.0553. The van der Waals surface area contributed by atoms with E-state index in [2.05, 4.69) is 29.1 Å². The first kappa shape index (κ1) is 12.1. The molecule has 1 fully saturated rings. The van der Waals surface area contributed by atoms with Crippen molar-refractivity contribution in [3.63, 3.8) is 0 Å². The van der Waals surface area contributed by atoms with Gasteiger partial charge in [0, 0.05) is 18.7 Å². The van der Waals surface area contributed by atoms with Crippen LogP contribution in [0.15, 0.2) is 10.9 Å². The van der Waals surface area contributed by atoms with Crippen LogP contribution < -0.4 is 10.9 Å². The van der Waals surface area contributed by atoms with E-state index in [-0.39, 0.29) is 11.2 Å². The number of ether oxygens (including phenoxy) is 1. The topological polar surface area (TPSA) is 67.0 Å². The van der Waals surface area contributed by atoms with E-state index < -0.39 is 0 Å².